The fourth-order valence-electron chi connectivity index (χ4n) is 7.68. The van der Waals surface area contributed by atoms with Gasteiger partial charge < -0.3 is 4.74 Å². The van der Waals surface area contributed by atoms with E-state index in [1.807, 2.05) is 0 Å². The van der Waals surface area contributed by atoms with Crippen molar-refractivity contribution >= 4 is 0 Å². The number of hydrazine groups is 1. The van der Waals surface area contributed by atoms with E-state index in [9.17, 15) is 9.59 Å². The van der Waals surface area contributed by atoms with Crippen LogP contribution in [0.1, 0.15) is 31.3 Å². The second-order valence-corrected chi connectivity index (χ2v) is 8.33. The topological polar surface area (TPSA) is 73.4 Å². The maximum Gasteiger partial charge on any atom is 0.347 e. The second-order valence-electron chi connectivity index (χ2n) is 8.33. The highest BCUT2D eigenvalue weighted by atomic mass is 16.5. The van der Waals surface area contributed by atoms with Gasteiger partial charge in [-0.05, 0) is 19.3 Å². The molecule has 9 rings (SSSR count). The first-order valence-electron chi connectivity index (χ1n) is 8.65. The fraction of sp³-hybridized carbons (Fsp3) is 0.867. The molecule has 4 saturated heterocycles. The maximum absolute atomic E-state index is 12.8. The molecule has 8 heteroatoms. The zero-order valence-corrected chi connectivity index (χ0v) is 12.9. The molecule has 2 aliphatic carbocycles. The van der Waals surface area contributed by atoms with Gasteiger partial charge in [0.05, 0.1) is 31.3 Å². The first kappa shape index (κ1) is 12.0. The standard InChI is InChI=1S/C15H19N5O3/c1-17-12(21)19-10-4-7-11(20(19)13(17)22)15-6-23-5-14(10,15)8-2-3-9(15)18(7)16-8/h7-11,16H,2-6H2,1H3/t7?,8-,9+,10-,11+,14+,15-/m1/s1. The van der Waals surface area contributed by atoms with Crippen LogP contribution in [0.2, 0.25) is 0 Å². The SMILES string of the molecule is Cn1c(=O)n2n(c1=O)[C@@H]1CC3[C@H]2[C@]24COC[C@]12[C@H]1CC[C@@H]4N3N1. The molecular formula is C15H19N5O3. The van der Waals surface area contributed by atoms with Crippen molar-refractivity contribution < 1.29 is 4.74 Å². The van der Waals surface area contributed by atoms with Gasteiger partial charge >= 0.3 is 11.4 Å². The molecule has 122 valence electrons. The minimum Gasteiger partial charge on any atom is -0.380 e. The highest BCUT2D eigenvalue weighted by Crippen LogP contribution is 2.77. The van der Waals surface area contributed by atoms with Gasteiger partial charge in [0.2, 0.25) is 0 Å². The van der Waals surface area contributed by atoms with E-state index < -0.39 is 0 Å². The highest BCUT2D eigenvalue weighted by molar-refractivity contribution is 5.34. The van der Waals surface area contributed by atoms with Crippen LogP contribution in [-0.2, 0) is 11.8 Å². The van der Waals surface area contributed by atoms with E-state index in [1.165, 1.54) is 11.0 Å². The third kappa shape index (κ3) is 0.833. The van der Waals surface area contributed by atoms with Crippen LogP contribution in [0.5, 0.6) is 0 Å². The number of nitrogens with zero attached hydrogens (tertiary/aromatic N) is 4. The summed E-state index contributed by atoms with van der Waals surface area (Å²) in [4.78, 5) is 25.5. The van der Waals surface area contributed by atoms with Crippen molar-refractivity contribution in [3.8, 4) is 0 Å². The zero-order chi connectivity index (χ0) is 15.3. The Morgan fingerprint density at radius 3 is 2.74 bits per heavy atom. The van der Waals surface area contributed by atoms with Gasteiger partial charge in [0.25, 0.3) is 0 Å². The predicted molar refractivity (Wildman–Crippen MR) is 77.9 cm³/mol. The molecule has 2 unspecified atom stereocenters. The van der Waals surface area contributed by atoms with Crippen molar-refractivity contribution in [2.45, 2.75) is 49.5 Å². The summed E-state index contributed by atoms with van der Waals surface area (Å²) in [7, 11) is 1.61. The molecule has 7 bridgehead atoms. The molecule has 23 heavy (non-hydrogen) atoms. The number of hydrogen-bond acceptors (Lipinski definition) is 5. The van der Waals surface area contributed by atoms with E-state index >= 15 is 0 Å². The van der Waals surface area contributed by atoms with Gasteiger partial charge in [0.15, 0.2) is 0 Å². The van der Waals surface area contributed by atoms with Gasteiger partial charge in [-0.25, -0.2) is 28.5 Å². The largest absolute Gasteiger partial charge is 0.380 e. The van der Waals surface area contributed by atoms with E-state index in [0.717, 1.165) is 26.1 Å². The first-order valence-corrected chi connectivity index (χ1v) is 8.65. The van der Waals surface area contributed by atoms with Crippen LogP contribution < -0.4 is 16.8 Å². The van der Waals surface area contributed by atoms with Crippen LogP contribution in [0.4, 0.5) is 0 Å². The molecule has 7 heterocycles. The predicted octanol–water partition coefficient (Wildman–Crippen LogP) is -1.42. The Morgan fingerprint density at radius 2 is 1.87 bits per heavy atom. The molecule has 0 radical (unpaired) electrons. The molecule has 0 aromatic carbocycles. The van der Waals surface area contributed by atoms with Gasteiger partial charge in [0.1, 0.15) is 0 Å². The second kappa shape index (κ2) is 3.10. The van der Waals surface area contributed by atoms with Gasteiger partial charge in [-0.3, -0.25) is 5.43 Å². The lowest BCUT2D eigenvalue weighted by Crippen LogP contribution is -2.75. The molecular weight excluding hydrogens is 298 g/mol. The molecule has 1 aromatic heterocycles. The quantitative estimate of drug-likeness (QED) is 0.636. The van der Waals surface area contributed by atoms with E-state index in [0.29, 0.717) is 18.1 Å². The van der Waals surface area contributed by atoms with E-state index in [1.54, 1.807) is 16.4 Å². The average Bonchev–Trinajstić information content (AvgIpc) is 3.16. The number of rotatable bonds is 0. The third-order valence-electron chi connectivity index (χ3n) is 8.20. The summed E-state index contributed by atoms with van der Waals surface area (Å²) < 4.78 is 11.0. The molecule has 1 spiro atoms. The Balaban J connectivity index is 1.69. The van der Waals surface area contributed by atoms with E-state index in [4.69, 9.17) is 4.74 Å². The van der Waals surface area contributed by atoms with Gasteiger partial charge in [-0.1, -0.05) is 0 Å². The lowest BCUT2D eigenvalue weighted by atomic mass is 9.45. The number of aromatic nitrogens is 3. The Bertz CT molecular complexity index is 896. The minimum absolute atomic E-state index is 0.00632. The molecule has 8 nitrogen and oxygen atoms in total. The third-order valence-corrected chi connectivity index (χ3v) is 8.20. The molecule has 8 aliphatic rings. The normalized spacial score (nSPS) is 56.4. The summed E-state index contributed by atoms with van der Waals surface area (Å²) in [6.07, 6.45) is 3.28. The lowest BCUT2D eigenvalue weighted by Gasteiger charge is -2.65. The summed E-state index contributed by atoms with van der Waals surface area (Å²) in [6.45, 7) is 1.46. The van der Waals surface area contributed by atoms with Crippen molar-refractivity contribution in [2.24, 2.45) is 17.9 Å². The van der Waals surface area contributed by atoms with Crippen LogP contribution in [-0.4, -0.2) is 50.3 Å². The molecule has 2 saturated carbocycles. The number of hydrogen-bond donors (Lipinski definition) is 1. The summed E-state index contributed by atoms with van der Waals surface area (Å²) >= 11 is 0. The lowest BCUT2D eigenvalue weighted by molar-refractivity contribution is -0.165. The Labute approximate surface area is 131 Å². The number of ether oxygens (including phenoxy) is 1. The van der Waals surface area contributed by atoms with Crippen LogP contribution in [0.3, 0.4) is 0 Å². The molecule has 8 atom stereocenters. The summed E-state index contributed by atoms with van der Waals surface area (Å²) in [5.41, 5.74) is 3.42. The fourth-order valence-corrected chi connectivity index (χ4v) is 7.68. The van der Waals surface area contributed by atoms with Gasteiger partial charge in [0, 0.05) is 30.0 Å². The van der Waals surface area contributed by atoms with E-state index in [2.05, 4.69) is 10.4 Å². The first-order chi connectivity index (χ1) is 11.1. The average molecular weight is 317 g/mol. The van der Waals surface area contributed by atoms with Crippen LogP contribution >= 0.6 is 0 Å². The summed E-state index contributed by atoms with van der Waals surface area (Å²) in [5.74, 6) is 0. The zero-order valence-electron chi connectivity index (χ0n) is 12.9. The smallest absolute Gasteiger partial charge is 0.347 e. The molecule has 6 fully saturated rings. The van der Waals surface area contributed by atoms with Crippen molar-refractivity contribution in [3.63, 3.8) is 0 Å². The van der Waals surface area contributed by atoms with E-state index in [-0.39, 0.29) is 34.3 Å². The van der Waals surface area contributed by atoms with Crippen LogP contribution in [0.15, 0.2) is 9.59 Å². The van der Waals surface area contributed by atoms with Gasteiger partial charge in [-0.15, -0.1) is 0 Å². The van der Waals surface area contributed by atoms with Crippen molar-refractivity contribution in [3.05, 3.63) is 21.0 Å². The molecule has 0 amide bonds. The molecule has 6 aliphatic heterocycles. The van der Waals surface area contributed by atoms with Crippen molar-refractivity contribution in [1.29, 1.82) is 0 Å². The van der Waals surface area contributed by atoms with Gasteiger partial charge in [-0.2, -0.15) is 0 Å². The summed E-state index contributed by atoms with van der Waals surface area (Å²) in [5, 5.41) is 2.44. The van der Waals surface area contributed by atoms with Crippen LogP contribution in [0, 0.1) is 10.8 Å². The number of fused-ring (bicyclic) bond motifs is 1. The van der Waals surface area contributed by atoms with Crippen molar-refractivity contribution in [2.75, 3.05) is 13.2 Å². The summed E-state index contributed by atoms with van der Waals surface area (Å²) in [6, 6.07) is 1.26. The van der Waals surface area contributed by atoms with Crippen LogP contribution in [0.25, 0.3) is 0 Å². The molecule has 1 aromatic rings. The molecule has 1 N–H and O–H groups in total. The Kier molecular flexibility index (Phi) is 1.62. The monoisotopic (exact) mass is 317 g/mol. The van der Waals surface area contributed by atoms with Crippen molar-refractivity contribution in [1.82, 2.24) is 24.4 Å². The highest BCUT2D eigenvalue weighted by Gasteiger charge is 2.85. The number of nitrogens with one attached hydrogen (secondary N) is 1. The maximum atomic E-state index is 12.8. The Hall–Kier alpha value is -1.38. The minimum atomic E-state index is -0.158. The Morgan fingerprint density at radius 1 is 1.09 bits per heavy atom.